The van der Waals surface area contributed by atoms with E-state index in [9.17, 15) is 0 Å². The lowest BCUT2D eigenvalue weighted by Crippen LogP contribution is -2.58. The van der Waals surface area contributed by atoms with Crippen molar-refractivity contribution in [1.82, 2.24) is 0 Å². The maximum Gasteiger partial charge on any atom is 0.256 e. The molecule has 0 unspecified atom stereocenters. The van der Waals surface area contributed by atoms with Gasteiger partial charge in [0.25, 0.3) is 8.32 Å². The molecule has 98 valence electrons. The van der Waals surface area contributed by atoms with Crippen molar-refractivity contribution in [2.45, 2.75) is 26.0 Å². The Bertz CT molecular complexity index is 486. The maximum absolute atomic E-state index is 6.57. The van der Waals surface area contributed by atoms with Crippen LogP contribution in [0.15, 0.2) is 60.7 Å². The van der Waals surface area contributed by atoms with E-state index in [2.05, 4.69) is 74.5 Å². The van der Waals surface area contributed by atoms with Crippen molar-refractivity contribution in [3.05, 3.63) is 60.7 Å². The Morgan fingerprint density at radius 3 is 1.68 bits per heavy atom. The fourth-order valence-corrected chi connectivity index (χ4v) is 7.79. The Labute approximate surface area is 116 Å². The predicted octanol–water partition coefficient (Wildman–Crippen LogP) is 2.80. The van der Waals surface area contributed by atoms with Crippen LogP contribution in [0, 0.1) is 5.92 Å². The summed E-state index contributed by atoms with van der Waals surface area (Å²) in [5.41, 5.74) is 0. The first-order valence-electron chi connectivity index (χ1n) is 7.01. The summed E-state index contributed by atoms with van der Waals surface area (Å²) in [6, 6.07) is 22.8. The van der Waals surface area contributed by atoms with Crippen molar-refractivity contribution in [3.8, 4) is 0 Å². The molecule has 0 bridgehead atoms. The van der Waals surface area contributed by atoms with Gasteiger partial charge in [0.05, 0.1) is 0 Å². The minimum absolute atomic E-state index is 0.354. The van der Waals surface area contributed by atoms with Crippen molar-refractivity contribution in [3.63, 3.8) is 0 Å². The summed E-state index contributed by atoms with van der Waals surface area (Å²) in [4.78, 5) is 0. The van der Waals surface area contributed by atoms with E-state index in [0.29, 0.717) is 12.0 Å². The summed E-state index contributed by atoms with van der Waals surface area (Å²) in [7, 11) is -2.01. The lowest BCUT2D eigenvalue weighted by atomic mass is 10.1. The molecule has 0 aliphatic carbocycles. The number of benzene rings is 2. The Morgan fingerprint density at radius 1 is 0.842 bits per heavy atom. The van der Waals surface area contributed by atoms with Gasteiger partial charge in [-0.15, -0.1) is 0 Å². The zero-order valence-electron chi connectivity index (χ0n) is 11.5. The van der Waals surface area contributed by atoms with Crippen LogP contribution >= 0.6 is 0 Å². The first kappa shape index (κ1) is 12.6. The van der Waals surface area contributed by atoms with Gasteiger partial charge in [-0.25, -0.2) is 0 Å². The summed E-state index contributed by atoms with van der Waals surface area (Å²) in [6.45, 7) is 4.52. The zero-order valence-corrected chi connectivity index (χ0v) is 12.5. The monoisotopic (exact) mass is 268 g/mol. The summed E-state index contributed by atoms with van der Waals surface area (Å²) in [5, 5.41) is 2.80. The van der Waals surface area contributed by atoms with Gasteiger partial charge in [0, 0.05) is 6.10 Å². The largest absolute Gasteiger partial charge is 0.405 e. The van der Waals surface area contributed by atoms with Gasteiger partial charge in [0.15, 0.2) is 0 Å². The van der Waals surface area contributed by atoms with Gasteiger partial charge in [-0.1, -0.05) is 67.6 Å². The molecule has 1 fully saturated rings. The first-order valence-corrected chi connectivity index (χ1v) is 9.13. The molecule has 2 heteroatoms. The van der Waals surface area contributed by atoms with Crippen molar-refractivity contribution in [1.29, 1.82) is 0 Å². The molecule has 1 aliphatic heterocycles. The van der Waals surface area contributed by atoms with Crippen LogP contribution in [0.5, 0.6) is 0 Å². The van der Waals surface area contributed by atoms with Gasteiger partial charge >= 0.3 is 0 Å². The average molecular weight is 268 g/mol. The third kappa shape index (κ3) is 2.15. The third-order valence-corrected chi connectivity index (χ3v) is 8.80. The molecular formula is C17H20OSi. The molecule has 2 aromatic rings. The van der Waals surface area contributed by atoms with E-state index in [-0.39, 0.29) is 0 Å². The molecule has 19 heavy (non-hydrogen) atoms. The van der Waals surface area contributed by atoms with Gasteiger partial charge in [0.2, 0.25) is 0 Å². The fraction of sp³-hybridized carbons (Fsp3) is 0.294. The molecule has 2 atom stereocenters. The standard InChI is InChI=1S/C17H20OSi/c1-14-13-19(18-15(14)2,16-9-5-3-6-10-16)17-11-7-4-8-12-17/h3-12,14-15H,13H2,1-2H3/t14-,15-/m0/s1. The maximum atomic E-state index is 6.57. The highest BCUT2D eigenvalue weighted by atomic mass is 28.4. The van der Waals surface area contributed by atoms with Crippen molar-refractivity contribution < 1.29 is 4.43 Å². The summed E-state index contributed by atoms with van der Waals surface area (Å²) in [6.07, 6.45) is 0.354. The second kappa shape index (κ2) is 4.95. The van der Waals surface area contributed by atoms with Gasteiger partial charge < -0.3 is 4.43 Å². The van der Waals surface area contributed by atoms with Crippen LogP contribution in [0.3, 0.4) is 0 Å². The zero-order chi connectivity index (χ0) is 13.3. The highest BCUT2D eigenvalue weighted by Crippen LogP contribution is 2.32. The molecule has 0 N–H and O–H groups in total. The summed E-state index contributed by atoms with van der Waals surface area (Å²) in [5.74, 6) is 0.632. The van der Waals surface area contributed by atoms with Crippen LogP contribution in [-0.2, 0) is 4.43 Å². The first-order chi connectivity index (χ1) is 9.22. The molecule has 1 nitrogen and oxygen atoms in total. The smallest absolute Gasteiger partial charge is 0.256 e. The second-order valence-electron chi connectivity index (χ2n) is 5.56. The quantitative estimate of drug-likeness (QED) is 0.761. The Kier molecular flexibility index (Phi) is 3.29. The summed E-state index contributed by atoms with van der Waals surface area (Å²) < 4.78 is 6.57. The van der Waals surface area contributed by atoms with Crippen LogP contribution in [0.4, 0.5) is 0 Å². The van der Waals surface area contributed by atoms with Crippen molar-refractivity contribution >= 4 is 18.7 Å². The SMILES string of the molecule is C[C@@H]1O[Si](c2ccccc2)(c2ccccc2)C[C@@H]1C. The third-order valence-electron chi connectivity index (χ3n) is 4.28. The predicted molar refractivity (Wildman–Crippen MR) is 82.4 cm³/mol. The van der Waals surface area contributed by atoms with Crippen LogP contribution < -0.4 is 10.4 Å². The molecular weight excluding hydrogens is 248 g/mol. The van der Waals surface area contributed by atoms with E-state index in [1.807, 2.05) is 0 Å². The second-order valence-corrected chi connectivity index (χ2v) is 9.02. The fourth-order valence-electron chi connectivity index (χ4n) is 3.05. The minimum atomic E-state index is -2.01. The van der Waals surface area contributed by atoms with E-state index in [0.717, 1.165) is 0 Å². The van der Waals surface area contributed by atoms with Gasteiger partial charge in [-0.05, 0) is 29.3 Å². The molecule has 3 rings (SSSR count). The highest BCUT2D eigenvalue weighted by Gasteiger charge is 2.48. The van der Waals surface area contributed by atoms with Gasteiger partial charge in [0.1, 0.15) is 0 Å². The van der Waals surface area contributed by atoms with Crippen LogP contribution in [0.25, 0.3) is 0 Å². The minimum Gasteiger partial charge on any atom is -0.405 e. The summed E-state index contributed by atoms with van der Waals surface area (Å²) >= 11 is 0. The Hall–Kier alpha value is -1.38. The Morgan fingerprint density at radius 2 is 1.32 bits per heavy atom. The van der Waals surface area contributed by atoms with E-state index < -0.39 is 8.32 Å². The molecule has 1 aliphatic rings. The lowest BCUT2D eigenvalue weighted by molar-refractivity contribution is 0.211. The van der Waals surface area contributed by atoms with E-state index in [1.54, 1.807) is 0 Å². The van der Waals surface area contributed by atoms with Crippen LogP contribution in [-0.4, -0.2) is 14.4 Å². The molecule has 2 aromatic carbocycles. The normalized spacial score (nSPS) is 25.4. The van der Waals surface area contributed by atoms with E-state index in [4.69, 9.17) is 4.43 Å². The Balaban J connectivity index is 2.13. The van der Waals surface area contributed by atoms with Crippen molar-refractivity contribution in [2.24, 2.45) is 5.92 Å². The molecule has 1 saturated heterocycles. The molecule has 0 radical (unpaired) electrons. The van der Waals surface area contributed by atoms with E-state index in [1.165, 1.54) is 16.4 Å². The number of hydrogen-bond donors (Lipinski definition) is 0. The van der Waals surface area contributed by atoms with E-state index >= 15 is 0 Å². The van der Waals surface area contributed by atoms with Crippen molar-refractivity contribution in [2.75, 3.05) is 0 Å². The highest BCUT2D eigenvalue weighted by molar-refractivity contribution is 6.98. The average Bonchev–Trinajstić information content (AvgIpc) is 2.78. The van der Waals surface area contributed by atoms with Gasteiger partial charge in [-0.2, -0.15) is 0 Å². The van der Waals surface area contributed by atoms with Crippen LogP contribution in [0.1, 0.15) is 13.8 Å². The molecule has 0 spiro atoms. The molecule has 1 heterocycles. The number of hydrogen-bond acceptors (Lipinski definition) is 1. The lowest BCUT2D eigenvalue weighted by Gasteiger charge is -2.27. The van der Waals surface area contributed by atoms with Gasteiger partial charge in [-0.3, -0.25) is 0 Å². The number of rotatable bonds is 2. The molecule has 0 amide bonds. The molecule has 0 saturated carbocycles. The van der Waals surface area contributed by atoms with Crippen LogP contribution in [0.2, 0.25) is 6.04 Å². The topological polar surface area (TPSA) is 9.23 Å². The molecule has 0 aromatic heterocycles.